The minimum atomic E-state index is -0.180. The van der Waals surface area contributed by atoms with Crippen LogP contribution in [0.3, 0.4) is 0 Å². The van der Waals surface area contributed by atoms with Crippen molar-refractivity contribution in [2.45, 2.75) is 6.92 Å². The molecule has 2 rings (SSSR count). The number of nitrogens with two attached hydrogens (primary N) is 1. The van der Waals surface area contributed by atoms with E-state index in [2.05, 4.69) is 21.2 Å². The fourth-order valence-corrected chi connectivity index (χ4v) is 2.16. The molecule has 0 aliphatic rings. The average molecular weight is 340 g/mol. The number of carbonyl (C=O) groups is 1. The van der Waals surface area contributed by atoms with Crippen molar-refractivity contribution in [3.63, 3.8) is 0 Å². The van der Waals surface area contributed by atoms with Crippen LogP contribution in [0.4, 0.5) is 11.4 Å². The summed E-state index contributed by atoms with van der Waals surface area (Å²) in [6.07, 6.45) is 0. The minimum Gasteiger partial charge on any atom is -0.397 e. The molecule has 2 aromatic rings. The second-order valence-electron chi connectivity index (χ2n) is 4.10. The first-order chi connectivity index (χ1) is 8.99. The van der Waals surface area contributed by atoms with Gasteiger partial charge in [-0.2, -0.15) is 0 Å². The number of amides is 1. The van der Waals surface area contributed by atoms with E-state index in [4.69, 9.17) is 17.3 Å². The summed E-state index contributed by atoms with van der Waals surface area (Å²) in [5.41, 5.74) is 8.26. The van der Waals surface area contributed by atoms with E-state index in [9.17, 15) is 4.79 Å². The number of hydrogen-bond acceptors (Lipinski definition) is 2. The van der Waals surface area contributed by atoms with Crippen LogP contribution in [-0.2, 0) is 0 Å². The number of benzene rings is 2. The van der Waals surface area contributed by atoms with E-state index in [1.165, 1.54) is 0 Å². The number of hydrogen-bond donors (Lipinski definition) is 2. The molecular formula is C14H12BrClN2O. The number of halogens is 2. The molecule has 0 aromatic heterocycles. The predicted octanol–water partition coefficient (Wildman–Crippen LogP) is 4.25. The summed E-state index contributed by atoms with van der Waals surface area (Å²) in [6.45, 7) is 1.88. The van der Waals surface area contributed by atoms with Gasteiger partial charge in [0.25, 0.3) is 5.91 Å². The topological polar surface area (TPSA) is 55.1 Å². The van der Waals surface area contributed by atoms with E-state index in [1.54, 1.807) is 24.3 Å². The zero-order valence-electron chi connectivity index (χ0n) is 10.2. The van der Waals surface area contributed by atoms with E-state index in [-0.39, 0.29) is 5.91 Å². The number of anilines is 2. The van der Waals surface area contributed by atoms with Gasteiger partial charge in [0, 0.05) is 15.7 Å². The second kappa shape index (κ2) is 5.63. The Morgan fingerprint density at radius 1 is 1.32 bits per heavy atom. The van der Waals surface area contributed by atoms with E-state index >= 15 is 0 Å². The fraction of sp³-hybridized carbons (Fsp3) is 0.0714. The molecule has 0 bridgehead atoms. The molecule has 5 heteroatoms. The van der Waals surface area contributed by atoms with Gasteiger partial charge >= 0.3 is 0 Å². The average Bonchev–Trinajstić information content (AvgIpc) is 2.37. The van der Waals surface area contributed by atoms with Gasteiger partial charge in [-0.25, -0.2) is 0 Å². The summed E-state index contributed by atoms with van der Waals surface area (Å²) >= 11 is 9.24. The first-order valence-corrected chi connectivity index (χ1v) is 6.77. The van der Waals surface area contributed by atoms with Gasteiger partial charge < -0.3 is 11.1 Å². The van der Waals surface area contributed by atoms with Gasteiger partial charge in [-0.15, -0.1) is 0 Å². The Bertz CT molecular complexity index is 643. The van der Waals surface area contributed by atoms with Crippen LogP contribution in [0.15, 0.2) is 40.9 Å². The zero-order chi connectivity index (χ0) is 14.0. The predicted molar refractivity (Wildman–Crippen MR) is 82.7 cm³/mol. The Balaban J connectivity index is 2.26. The van der Waals surface area contributed by atoms with Gasteiger partial charge in [-0.05, 0) is 42.8 Å². The van der Waals surface area contributed by atoms with Crippen molar-refractivity contribution in [1.82, 2.24) is 0 Å². The fourth-order valence-electron chi connectivity index (χ4n) is 1.67. The van der Waals surface area contributed by atoms with Crippen molar-refractivity contribution < 1.29 is 4.79 Å². The van der Waals surface area contributed by atoms with Crippen molar-refractivity contribution in [2.24, 2.45) is 0 Å². The third-order valence-electron chi connectivity index (χ3n) is 2.77. The van der Waals surface area contributed by atoms with Gasteiger partial charge in [-0.3, -0.25) is 4.79 Å². The first kappa shape index (κ1) is 13.9. The van der Waals surface area contributed by atoms with Crippen LogP contribution < -0.4 is 11.1 Å². The van der Waals surface area contributed by atoms with Crippen LogP contribution >= 0.6 is 27.5 Å². The van der Waals surface area contributed by atoms with E-state index < -0.39 is 0 Å². The number of nitrogen functional groups attached to an aromatic ring is 1. The normalized spacial score (nSPS) is 10.3. The molecule has 2 aromatic carbocycles. The highest BCUT2D eigenvalue weighted by Gasteiger charge is 2.11. The van der Waals surface area contributed by atoms with Gasteiger partial charge in [-0.1, -0.05) is 33.6 Å². The lowest BCUT2D eigenvalue weighted by molar-refractivity contribution is 0.102. The zero-order valence-corrected chi connectivity index (χ0v) is 12.5. The summed E-state index contributed by atoms with van der Waals surface area (Å²) in [5, 5.41) is 3.27. The summed E-state index contributed by atoms with van der Waals surface area (Å²) in [7, 11) is 0. The maximum Gasteiger partial charge on any atom is 0.255 e. The Morgan fingerprint density at radius 3 is 2.74 bits per heavy atom. The Kier molecular flexibility index (Phi) is 4.12. The molecule has 19 heavy (non-hydrogen) atoms. The molecule has 0 spiro atoms. The molecule has 0 heterocycles. The second-order valence-corrected chi connectivity index (χ2v) is 5.36. The molecule has 0 unspecified atom stereocenters. The van der Waals surface area contributed by atoms with E-state index in [0.29, 0.717) is 22.0 Å². The number of carbonyl (C=O) groups excluding carboxylic acids is 1. The van der Waals surface area contributed by atoms with Gasteiger partial charge in [0.05, 0.1) is 10.7 Å². The summed E-state index contributed by atoms with van der Waals surface area (Å²) in [6, 6.07) is 10.5. The smallest absolute Gasteiger partial charge is 0.255 e. The highest BCUT2D eigenvalue weighted by molar-refractivity contribution is 9.10. The SMILES string of the molecule is Cc1c(Br)cccc1C(=O)Nc1ccc(Cl)c(N)c1. The third-order valence-corrected chi connectivity index (χ3v) is 3.97. The van der Waals surface area contributed by atoms with Crippen molar-refractivity contribution in [3.05, 3.63) is 57.0 Å². The monoisotopic (exact) mass is 338 g/mol. The maximum absolute atomic E-state index is 12.2. The molecule has 3 N–H and O–H groups in total. The molecular weight excluding hydrogens is 328 g/mol. The highest BCUT2D eigenvalue weighted by atomic mass is 79.9. The molecule has 0 fully saturated rings. The van der Waals surface area contributed by atoms with Crippen LogP contribution in [-0.4, -0.2) is 5.91 Å². The van der Waals surface area contributed by atoms with Gasteiger partial charge in [0.1, 0.15) is 0 Å². The lowest BCUT2D eigenvalue weighted by atomic mass is 10.1. The molecule has 0 saturated heterocycles. The summed E-state index contributed by atoms with van der Waals surface area (Å²) < 4.78 is 0.899. The first-order valence-electron chi connectivity index (χ1n) is 5.60. The molecule has 3 nitrogen and oxygen atoms in total. The highest BCUT2D eigenvalue weighted by Crippen LogP contribution is 2.24. The molecule has 0 atom stereocenters. The number of rotatable bonds is 2. The van der Waals surface area contributed by atoms with Gasteiger partial charge in [0.2, 0.25) is 0 Å². The molecule has 0 aliphatic carbocycles. The van der Waals surface area contributed by atoms with Crippen molar-refractivity contribution in [1.29, 1.82) is 0 Å². The quantitative estimate of drug-likeness (QED) is 0.804. The van der Waals surface area contributed by atoms with Crippen molar-refractivity contribution in [3.8, 4) is 0 Å². The van der Waals surface area contributed by atoms with Gasteiger partial charge in [0.15, 0.2) is 0 Å². The number of nitrogens with one attached hydrogen (secondary N) is 1. The van der Waals surface area contributed by atoms with Crippen LogP contribution in [0.1, 0.15) is 15.9 Å². The molecule has 0 radical (unpaired) electrons. The molecule has 0 saturated carbocycles. The Hall–Kier alpha value is -1.52. The lowest BCUT2D eigenvalue weighted by Gasteiger charge is -2.09. The van der Waals surface area contributed by atoms with E-state index in [0.717, 1.165) is 10.0 Å². The van der Waals surface area contributed by atoms with Crippen LogP contribution in [0, 0.1) is 6.92 Å². The standard InChI is InChI=1S/C14H12BrClN2O/c1-8-10(3-2-4-11(8)15)14(19)18-9-5-6-12(16)13(17)7-9/h2-7H,17H2,1H3,(H,18,19). The molecule has 1 amide bonds. The Morgan fingerprint density at radius 2 is 2.05 bits per heavy atom. The maximum atomic E-state index is 12.2. The van der Waals surface area contributed by atoms with Crippen LogP contribution in [0.2, 0.25) is 5.02 Å². The lowest BCUT2D eigenvalue weighted by Crippen LogP contribution is -2.13. The Labute approximate surface area is 124 Å². The van der Waals surface area contributed by atoms with Crippen LogP contribution in [0.25, 0.3) is 0 Å². The molecule has 0 aliphatic heterocycles. The summed E-state index contributed by atoms with van der Waals surface area (Å²) in [5.74, 6) is -0.180. The largest absolute Gasteiger partial charge is 0.397 e. The summed E-state index contributed by atoms with van der Waals surface area (Å²) in [4.78, 5) is 12.2. The minimum absolute atomic E-state index is 0.180. The van der Waals surface area contributed by atoms with Crippen molar-refractivity contribution >= 4 is 44.8 Å². The van der Waals surface area contributed by atoms with E-state index in [1.807, 2.05) is 19.1 Å². The third kappa shape index (κ3) is 3.08. The van der Waals surface area contributed by atoms with Crippen LogP contribution in [0.5, 0.6) is 0 Å². The van der Waals surface area contributed by atoms with Crippen molar-refractivity contribution in [2.75, 3.05) is 11.1 Å². The molecule has 98 valence electrons.